The molecule has 0 saturated carbocycles. The number of aliphatic imine (C=N–C) groups is 1. The Hall–Kier alpha value is -1.99. The predicted octanol–water partition coefficient (Wildman–Crippen LogP) is 2.34. The van der Waals surface area contributed by atoms with Gasteiger partial charge in [-0.3, -0.25) is 9.79 Å². The first-order valence-corrected chi connectivity index (χ1v) is 11.1. The largest absolute Gasteiger partial charge is 0.444 e. The molecule has 1 atom stereocenters. The fraction of sp³-hybridized carbons (Fsp3) is 0.857. The van der Waals surface area contributed by atoms with Crippen molar-refractivity contribution >= 4 is 18.0 Å². The fourth-order valence-corrected chi connectivity index (χ4v) is 3.69. The lowest BCUT2D eigenvalue weighted by Gasteiger charge is -2.24. The van der Waals surface area contributed by atoms with Crippen LogP contribution in [0.3, 0.4) is 0 Å². The van der Waals surface area contributed by atoms with Crippen LogP contribution >= 0.6 is 0 Å². The second-order valence-corrected chi connectivity index (χ2v) is 8.86. The van der Waals surface area contributed by atoms with Gasteiger partial charge >= 0.3 is 6.09 Å². The van der Waals surface area contributed by atoms with Crippen LogP contribution in [0.2, 0.25) is 0 Å². The van der Waals surface area contributed by atoms with E-state index in [0.29, 0.717) is 13.0 Å². The molecule has 2 N–H and O–H groups in total. The first kappa shape index (κ1) is 23.3. The standard InChI is InChI=1S/C21H39N5O3/c1-5-22-19(23-12-9-14-25-13-8-6-7-10-18(25)27)26-15-11-17(16-26)24-20(28)29-21(2,3)4/h17H,5-16H2,1-4H3,(H,22,23)(H,24,28). The fourth-order valence-electron chi connectivity index (χ4n) is 3.69. The van der Waals surface area contributed by atoms with Crippen molar-refractivity contribution in [3.8, 4) is 0 Å². The van der Waals surface area contributed by atoms with Crippen LogP contribution in [0, 0.1) is 0 Å². The number of likely N-dealkylation sites (tertiary alicyclic amines) is 2. The Balaban J connectivity index is 1.79. The summed E-state index contributed by atoms with van der Waals surface area (Å²) < 4.78 is 5.35. The summed E-state index contributed by atoms with van der Waals surface area (Å²) in [5.74, 6) is 1.16. The molecule has 2 fully saturated rings. The van der Waals surface area contributed by atoms with Crippen molar-refractivity contribution in [2.45, 2.75) is 77.9 Å². The van der Waals surface area contributed by atoms with E-state index in [1.807, 2.05) is 25.7 Å². The number of nitrogens with zero attached hydrogens (tertiary/aromatic N) is 3. The molecule has 0 aromatic carbocycles. The second kappa shape index (κ2) is 11.3. The Kier molecular flexibility index (Phi) is 9.04. The first-order valence-electron chi connectivity index (χ1n) is 11.1. The molecule has 0 radical (unpaired) electrons. The number of nitrogens with one attached hydrogen (secondary N) is 2. The normalized spacial score (nSPS) is 21.2. The summed E-state index contributed by atoms with van der Waals surface area (Å²) in [5.41, 5.74) is -0.493. The molecule has 0 bridgehead atoms. The number of carbonyl (C=O) groups is 2. The maximum atomic E-state index is 12.1. The van der Waals surface area contributed by atoms with Crippen LogP contribution in [0.25, 0.3) is 0 Å². The van der Waals surface area contributed by atoms with Gasteiger partial charge in [-0.2, -0.15) is 0 Å². The minimum atomic E-state index is -0.493. The van der Waals surface area contributed by atoms with E-state index in [9.17, 15) is 9.59 Å². The lowest BCUT2D eigenvalue weighted by atomic mass is 10.2. The molecule has 0 spiro atoms. The van der Waals surface area contributed by atoms with Gasteiger partial charge in [0, 0.05) is 45.7 Å². The second-order valence-electron chi connectivity index (χ2n) is 8.86. The highest BCUT2D eigenvalue weighted by atomic mass is 16.6. The van der Waals surface area contributed by atoms with E-state index >= 15 is 0 Å². The highest BCUT2D eigenvalue weighted by Crippen LogP contribution is 2.13. The van der Waals surface area contributed by atoms with Gasteiger partial charge in [0.05, 0.1) is 6.04 Å². The molecule has 0 aromatic rings. The third kappa shape index (κ3) is 8.50. The average molecular weight is 410 g/mol. The van der Waals surface area contributed by atoms with E-state index in [-0.39, 0.29) is 18.0 Å². The van der Waals surface area contributed by atoms with Crippen LogP contribution in [-0.4, -0.2) is 78.7 Å². The zero-order valence-electron chi connectivity index (χ0n) is 18.6. The number of hydrogen-bond donors (Lipinski definition) is 2. The van der Waals surface area contributed by atoms with Crippen molar-refractivity contribution in [1.29, 1.82) is 0 Å². The third-order valence-corrected chi connectivity index (χ3v) is 5.06. The van der Waals surface area contributed by atoms with Gasteiger partial charge in [0.25, 0.3) is 0 Å². The summed E-state index contributed by atoms with van der Waals surface area (Å²) in [6, 6.07) is 0.0587. The summed E-state index contributed by atoms with van der Waals surface area (Å²) in [6.45, 7) is 12.4. The Morgan fingerprint density at radius 3 is 2.76 bits per heavy atom. The van der Waals surface area contributed by atoms with E-state index in [1.54, 1.807) is 0 Å². The molecule has 8 nitrogen and oxygen atoms in total. The van der Waals surface area contributed by atoms with Gasteiger partial charge in [-0.15, -0.1) is 0 Å². The molecule has 1 unspecified atom stereocenters. The lowest BCUT2D eigenvalue weighted by Crippen LogP contribution is -2.44. The quantitative estimate of drug-likeness (QED) is 0.399. The van der Waals surface area contributed by atoms with Gasteiger partial charge < -0.3 is 25.2 Å². The van der Waals surface area contributed by atoms with Crippen LogP contribution < -0.4 is 10.6 Å². The highest BCUT2D eigenvalue weighted by molar-refractivity contribution is 5.80. The van der Waals surface area contributed by atoms with E-state index < -0.39 is 5.60 Å². The Labute approximate surface area is 175 Å². The van der Waals surface area contributed by atoms with Crippen molar-refractivity contribution in [3.05, 3.63) is 0 Å². The molecule has 0 aliphatic carbocycles. The number of carbonyl (C=O) groups excluding carboxylic acids is 2. The van der Waals surface area contributed by atoms with Gasteiger partial charge in [-0.05, 0) is 53.4 Å². The predicted molar refractivity (Wildman–Crippen MR) is 115 cm³/mol. The first-order chi connectivity index (χ1) is 13.8. The molecular weight excluding hydrogens is 370 g/mol. The van der Waals surface area contributed by atoms with E-state index in [2.05, 4.69) is 22.5 Å². The Morgan fingerprint density at radius 1 is 1.24 bits per heavy atom. The van der Waals surface area contributed by atoms with Crippen molar-refractivity contribution in [2.75, 3.05) is 39.3 Å². The number of hydrogen-bond acceptors (Lipinski definition) is 4. The van der Waals surface area contributed by atoms with E-state index in [4.69, 9.17) is 9.73 Å². The summed E-state index contributed by atoms with van der Waals surface area (Å²) in [4.78, 5) is 33.0. The number of alkyl carbamates (subject to hydrolysis) is 1. The maximum absolute atomic E-state index is 12.1. The SMILES string of the molecule is CCNC(=NCCCN1CCCCCC1=O)N1CCC(NC(=O)OC(C)(C)C)C1. The van der Waals surface area contributed by atoms with Crippen LogP contribution in [0.5, 0.6) is 0 Å². The van der Waals surface area contributed by atoms with E-state index in [0.717, 1.165) is 70.8 Å². The lowest BCUT2D eigenvalue weighted by molar-refractivity contribution is -0.130. The van der Waals surface area contributed by atoms with Crippen molar-refractivity contribution in [2.24, 2.45) is 4.99 Å². The van der Waals surface area contributed by atoms with Gasteiger partial charge in [0.15, 0.2) is 5.96 Å². The summed E-state index contributed by atoms with van der Waals surface area (Å²) in [6.07, 6.45) is 5.33. The van der Waals surface area contributed by atoms with Gasteiger partial charge in [0.1, 0.15) is 5.60 Å². The molecular formula is C21H39N5O3. The minimum absolute atomic E-state index is 0.0587. The molecule has 8 heteroatoms. The van der Waals surface area contributed by atoms with Crippen LogP contribution in [-0.2, 0) is 9.53 Å². The molecule has 2 rings (SSSR count). The maximum Gasteiger partial charge on any atom is 0.407 e. The van der Waals surface area contributed by atoms with Gasteiger partial charge in [0.2, 0.25) is 5.91 Å². The molecule has 2 saturated heterocycles. The molecule has 166 valence electrons. The topological polar surface area (TPSA) is 86.3 Å². The van der Waals surface area contributed by atoms with Crippen LogP contribution in [0.1, 0.15) is 66.2 Å². The van der Waals surface area contributed by atoms with Crippen molar-refractivity contribution < 1.29 is 14.3 Å². The molecule has 2 aliphatic heterocycles. The van der Waals surface area contributed by atoms with Crippen molar-refractivity contribution in [3.63, 3.8) is 0 Å². The number of amides is 2. The number of ether oxygens (including phenoxy) is 1. The number of guanidine groups is 1. The zero-order valence-corrected chi connectivity index (χ0v) is 18.6. The van der Waals surface area contributed by atoms with E-state index in [1.165, 1.54) is 0 Å². The summed E-state index contributed by atoms with van der Waals surface area (Å²) >= 11 is 0. The highest BCUT2D eigenvalue weighted by Gasteiger charge is 2.27. The average Bonchev–Trinajstić information content (AvgIpc) is 2.98. The summed E-state index contributed by atoms with van der Waals surface area (Å²) in [7, 11) is 0. The minimum Gasteiger partial charge on any atom is -0.444 e. The van der Waals surface area contributed by atoms with Crippen LogP contribution in [0.4, 0.5) is 4.79 Å². The third-order valence-electron chi connectivity index (χ3n) is 5.06. The monoisotopic (exact) mass is 409 g/mol. The molecule has 2 amide bonds. The Morgan fingerprint density at radius 2 is 2.03 bits per heavy atom. The van der Waals surface area contributed by atoms with Gasteiger partial charge in [-0.25, -0.2) is 4.79 Å². The van der Waals surface area contributed by atoms with Crippen LogP contribution in [0.15, 0.2) is 4.99 Å². The zero-order chi connectivity index (χ0) is 21.3. The van der Waals surface area contributed by atoms with Gasteiger partial charge in [-0.1, -0.05) is 6.42 Å². The number of rotatable bonds is 6. The summed E-state index contributed by atoms with van der Waals surface area (Å²) in [5, 5.41) is 6.30. The molecule has 2 aliphatic rings. The van der Waals surface area contributed by atoms with Crippen molar-refractivity contribution in [1.82, 2.24) is 20.4 Å². The smallest absolute Gasteiger partial charge is 0.407 e. The Bertz CT molecular complexity index is 573. The molecule has 2 heterocycles. The molecule has 29 heavy (non-hydrogen) atoms. The molecule has 0 aromatic heterocycles.